The second kappa shape index (κ2) is 12.3. The molecule has 0 amide bonds. The highest BCUT2D eigenvalue weighted by molar-refractivity contribution is 5.69. The molecule has 0 unspecified atom stereocenters. The van der Waals surface area contributed by atoms with Crippen molar-refractivity contribution in [2.75, 3.05) is 6.61 Å². The lowest BCUT2D eigenvalue weighted by atomic mass is 10.0. The van der Waals surface area contributed by atoms with Gasteiger partial charge in [-0.3, -0.25) is 4.79 Å². The van der Waals surface area contributed by atoms with E-state index in [0.29, 0.717) is 13.0 Å². The van der Waals surface area contributed by atoms with Gasteiger partial charge in [-0.15, -0.1) is 0 Å². The molecule has 0 aliphatic rings. The van der Waals surface area contributed by atoms with Gasteiger partial charge in [0.05, 0.1) is 6.61 Å². The third-order valence-corrected chi connectivity index (χ3v) is 3.88. The SMILES string of the molecule is CC(C)CCCCCCCOC(=O)CCCc1ccccc1. The van der Waals surface area contributed by atoms with Gasteiger partial charge in [0.15, 0.2) is 0 Å². The molecule has 22 heavy (non-hydrogen) atoms. The maximum atomic E-state index is 11.6. The molecule has 0 aliphatic heterocycles. The number of ether oxygens (including phenoxy) is 1. The van der Waals surface area contributed by atoms with E-state index < -0.39 is 0 Å². The van der Waals surface area contributed by atoms with Crippen LogP contribution >= 0.6 is 0 Å². The summed E-state index contributed by atoms with van der Waals surface area (Å²) in [4.78, 5) is 11.6. The van der Waals surface area contributed by atoms with Crippen molar-refractivity contribution in [3.63, 3.8) is 0 Å². The largest absolute Gasteiger partial charge is 0.466 e. The molecule has 0 radical (unpaired) electrons. The summed E-state index contributed by atoms with van der Waals surface area (Å²) < 4.78 is 5.29. The van der Waals surface area contributed by atoms with Crippen LogP contribution in [0.4, 0.5) is 0 Å². The van der Waals surface area contributed by atoms with Crippen molar-refractivity contribution >= 4 is 5.97 Å². The quantitative estimate of drug-likeness (QED) is 0.374. The summed E-state index contributed by atoms with van der Waals surface area (Å²) in [5, 5.41) is 0. The van der Waals surface area contributed by atoms with Crippen LogP contribution in [0.25, 0.3) is 0 Å². The van der Waals surface area contributed by atoms with Gasteiger partial charge in [-0.25, -0.2) is 0 Å². The molecule has 1 rings (SSSR count). The molecule has 124 valence electrons. The van der Waals surface area contributed by atoms with Crippen molar-refractivity contribution < 1.29 is 9.53 Å². The third kappa shape index (κ3) is 10.4. The zero-order valence-electron chi connectivity index (χ0n) is 14.4. The predicted molar refractivity (Wildman–Crippen MR) is 92.9 cm³/mol. The van der Waals surface area contributed by atoms with Crippen molar-refractivity contribution in [1.29, 1.82) is 0 Å². The number of unbranched alkanes of at least 4 members (excludes halogenated alkanes) is 4. The normalized spacial score (nSPS) is 10.9. The molecule has 2 heteroatoms. The molecule has 1 aromatic carbocycles. The summed E-state index contributed by atoms with van der Waals surface area (Å²) in [5.74, 6) is 0.771. The zero-order valence-corrected chi connectivity index (χ0v) is 14.4. The highest BCUT2D eigenvalue weighted by atomic mass is 16.5. The van der Waals surface area contributed by atoms with Gasteiger partial charge in [0.1, 0.15) is 0 Å². The second-order valence-corrected chi connectivity index (χ2v) is 6.51. The van der Waals surface area contributed by atoms with E-state index in [1.807, 2.05) is 18.2 Å². The number of carbonyl (C=O) groups excluding carboxylic acids is 1. The van der Waals surface area contributed by atoms with E-state index in [4.69, 9.17) is 4.74 Å². The Bertz CT molecular complexity index is 384. The molecule has 0 fully saturated rings. The monoisotopic (exact) mass is 304 g/mol. The van der Waals surface area contributed by atoms with Crippen molar-refractivity contribution in [3.8, 4) is 0 Å². The van der Waals surface area contributed by atoms with Gasteiger partial charge >= 0.3 is 5.97 Å². The molecule has 0 aliphatic carbocycles. The van der Waals surface area contributed by atoms with Gasteiger partial charge in [-0.1, -0.05) is 76.3 Å². The Morgan fingerprint density at radius 1 is 0.955 bits per heavy atom. The summed E-state index contributed by atoms with van der Waals surface area (Å²) in [7, 11) is 0. The topological polar surface area (TPSA) is 26.3 Å². The maximum absolute atomic E-state index is 11.6. The minimum absolute atomic E-state index is 0.0456. The molecular weight excluding hydrogens is 272 g/mol. The van der Waals surface area contributed by atoms with Gasteiger partial charge in [0, 0.05) is 6.42 Å². The number of esters is 1. The Hall–Kier alpha value is -1.31. The van der Waals surface area contributed by atoms with Gasteiger partial charge in [0.25, 0.3) is 0 Å². The molecule has 0 saturated heterocycles. The fourth-order valence-electron chi connectivity index (χ4n) is 2.52. The summed E-state index contributed by atoms with van der Waals surface area (Å²) in [6, 6.07) is 10.3. The van der Waals surface area contributed by atoms with Crippen molar-refractivity contribution in [2.24, 2.45) is 5.92 Å². The minimum atomic E-state index is -0.0456. The average molecular weight is 304 g/mol. The first-order valence-corrected chi connectivity index (χ1v) is 8.88. The van der Waals surface area contributed by atoms with Crippen LogP contribution in [0.1, 0.15) is 70.8 Å². The van der Waals surface area contributed by atoms with E-state index in [0.717, 1.165) is 25.2 Å². The first-order chi connectivity index (χ1) is 10.7. The van der Waals surface area contributed by atoms with E-state index in [1.165, 1.54) is 37.7 Å². The zero-order chi connectivity index (χ0) is 16.0. The molecule has 0 aromatic heterocycles. The predicted octanol–water partition coefficient (Wildman–Crippen LogP) is 5.55. The van der Waals surface area contributed by atoms with Crippen LogP contribution < -0.4 is 0 Å². The summed E-state index contributed by atoms with van der Waals surface area (Å²) in [6.45, 7) is 5.14. The highest BCUT2D eigenvalue weighted by Gasteiger charge is 2.03. The van der Waals surface area contributed by atoms with E-state index >= 15 is 0 Å². The summed E-state index contributed by atoms with van der Waals surface area (Å²) in [5.41, 5.74) is 1.29. The molecular formula is C20H32O2. The smallest absolute Gasteiger partial charge is 0.305 e. The molecule has 1 aromatic rings. The number of hydrogen-bond donors (Lipinski definition) is 0. The Labute approximate surface area is 136 Å². The fourth-order valence-corrected chi connectivity index (χ4v) is 2.52. The van der Waals surface area contributed by atoms with Crippen LogP contribution in [0.15, 0.2) is 30.3 Å². The lowest BCUT2D eigenvalue weighted by Gasteiger charge is -2.06. The van der Waals surface area contributed by atoms with E-state index in [1.54, 1.807) is 0 Å². The van der Waals surface area contributed by atoms with Crippen LogP contribution in [0.3, 0.4) is 0 Å². The number of hydrogen-bond acceptors (Lipinski definition) is 2. The molecule has 0 bridgehead atoms. The summed E-state index contributed by atoms with van der Waals surface area (Å²) in [6.07, 6.45) is 9.77. The third-order valence-electron chi connectivity index (χ3n) is 3.88. The average Bonchev–Trinajstić information content (AvgIpc) is 2.50. The van der Waals surface area contributed by atoms with E-state index in [2.05, 4.69) is 26.0 Å². The second-order valence-electron chi connectivity index (χ2n) is 6.51. The van der Waals surface area contributed by atoms with E-state index in [9.17, 15) is 4.79 Å². The van der Waals surface area contributed by atoms with Gasteiger partial charge in [0.2, 0.25) is 0 Å². The molecule has 0 N–H and O–H groups in total. The Morgan fingerprint density at radius 3 is 2.36 bits per heavy atom. The van der Waals surface area contributed by atoms with Crippen molar-refractivity contribution in [1.82, 2.24) is 0 Å². The first kappa shape index (κ1) is 18.7. The molecule has 0 heterocycles. The standard InChI is InChI=1S/C20H32O2/c1-18(2)12-7-4-3-5-10-17-22-20(21)16-11-15-19-13-8-6-9-14-19/h6,8-9,13-14,18H,3-5,7,10-12,15-17H2,1-2H3. The van der Waals surface area contributed by atoms with Gasteiger partial charge in [-0.05, 0) is 30.7 Å². The number of benzene rings is 1. The molecule has 0 spiro atoms. The van der Waals surface area contributed by atoms with Crippen molar-refractivity contribution in [3.05, 3.63) is 35.9 Å². The fraction of sp³-hybridized carbons (Fsp3) is 0.650. The lowest BCUT2D eigenvalue weighted by molar-refractivity contribution is -0.143. The van der Waals surface area contributed by atoms with Crippen LogP contribution in [0.2, 0.25) is 0 Å². The molecule has 0 saturated carbocycles. The lowest BCUT2D eigenvalue weighted by Crippen LogP contribution is -2.06. The van der Waals surface area contributed by atoms with Crippen LogP contribution in [-0.4, -0.2) is 12.6 Å². The Kier molecular flexibility index (Phi) is 10.4. The highest BCUT2D eigenvalue weighted by Crippen LogP contribution is 2.11. The van der Waals surface area contributed by atoms with Crippen molar-refractivity contribution in [2.45, 2.75) is 71.6 Å². The van der Waals surface area contributed by atoms with Crippen LogP contribution in [0.5, 0.6) is 0 Å². The Morgan fingerprint density at radius 2 is 1.64 bits per heavy atom. The van der Waals surface area contributed by atoms with Gasteiger partial charge < -0.3 is 4.74 Å². The van der Waals surface area contributed by atoms with Gasteiger partial charge in [-0.2, -0.15) is 0 Å². The minimum Gasteiger partial charge on any atom is -0.466 e. The van der Waals surface area contributed by atoms with Crippen LogP contribution in [-0.2, 0) is 16.0 Å². The molecule has 2 nitrogen and oxygen atoms in total. The number of aryl methyl sites for hydroxylation is 1. The molecule has 0 atom stereocenters. The summed E-state index contributed by atoms with van der Waals surface area (Å²) >= 11 is 0. The maximum Gasteiger partial charge on any atom is 0.305 e. The number of carbonyl (C=O) groups is 1. The van der Waals surface area contributed by atoms with Crippen LogP contribution in [0, 0.1) is 5.92 Å². The number of rotatable bonds is 12. The van der Waals surface area contributed by atoms with E-state index in [-0.39, 0.29) is 5.97 Å². The first-order valence-electron chi connectivity index (χ1n) is 8.88. The Balaban J connectivity index is 1.89.